The minimum atomic E-state index is -0.287. The van der Waals surface area contributed by atoms with Crippen LogP contribution in [0.1, 0.15) is 21.7 Å². The van der Waals surface area contributed by atoms with Crippen LogP contribution in [0.15, 0.2) is 48.5 Å². The number of ether oxygens (including phenoxy) is 2. The molecule has 7 heteroatoms. The Morgan fingerprint density at radius 2 is 1.75 bits per heavy atom. The van der Waals surface area contributed by atoms with Crippen molar-refractivity contribution in [2.45, 2.75) is 13.8 Å². The zero-order valence-corrected chi connectivity index (χ0v) is 15.7. The molecule has 2 N–H and O–H groups in total. The summed E-state index contributed by atoms with van der Waals surface area (Å²) < 4.78 is 11.1. The van der Waals surface area contributed by atoms with Crippen molar-refractivity contribution < 1.29 is 14.3 Å². The molecule has 1 aliphatic heterocycles. The van der Waals surface area contributed by atoms with E-state index in [4.69, 9.17) is 9.47 Å². The molecule has 3 aromatic rings. The zero-order chi connectivity index (χ0) is 19.5. The molecule has 28 heavy (non-hydrogen) atoms. The molecule has 0 spiro atoms. The van der Waals surface area contributed by atoms with Crippen LogP contribution in [0, 0.1) is 13.8 Å². The van der Waals surface area contributed by atoms with E-state index in [2.05, 4.69) is 20.6 Å². The minimum Gasteiger partial charge on any atom is -0.486 e. The lowest BCUT2D eigenvalue weighted by molar-refractivity contribution is 0.102. The highest BCUT2D eigenvalue weighted by Gasteiger charge is 2.14. The van der Waals surface area contributed by atoms with Crippen LogP contribution >= 0.6 is 0 Å². The Bertz CT molecular complexity index is 1040. The van der Waals surface area contributed by atoms with Gasteiger partial charge in [-0.3, -0.25) is 4.79 Å². The van der Waals surface area contributed by atoms with Gasteiger partial charge in [-0.05, 0) is 43.7 Å². The molecule has 1 aliphatic rings. The number of anilines is 3. The van der Waals surface area contributed by atoms with Crippen LogP contribution < -0.4 is 20.1 Å². The van der Waals surface area contributed by atoms with E-state index in [0.29, 0.717) is 36.4 Å². The number of hydrogen-bond acceptors (Lipinski definition) is 6. The molecule has 0 aliphatic carbocycles. The number of aryl methyl sites for hydroxylation is 2. The Labute approximate surface area is 162 Å². The van der Waals surface area contributed by atoms with Gasteiger partial charge in [0.15, 0.2) is 11.5 Å². The number of nitrogens with zero attached hydrogens (tertiary/aromatic N) is 2. The number of aromatic nitrogens is 2. The van der Waals surface area contributed by atoms with Crippen molar-refractivity contribution in [2.24, 2.45) is 0 Å². The van der Waals surface area contributed by atoms with Crippen LogP contribution in [0.2, 0.25) is 0 Å². The highest BCUT2D eigenvalue weighted by atomic mass is 16.6. The van der Waals surface area contributed by atoms with Crippen molar-refractivity contribution in [3.05, 3.63) is 65.5 Å². The third-order valence-electron chi connectivity index (χ3n) is 4.28. The molecule has 142 valence electrons. The maximum atomic E-state index is 12.6. The molecule has 0 radical (unpaired) electrons. The van der Waals surface area contributed by atoms with Gasteiger partial charge in [0.25, 0.3) is 5.91 Å². The predicted octanol–water partition coefficient (Wildman–Crippen LogP) is 3.86. The number of amides is 1. The number of hydrogen-bond donors (Lipinski definition) is 2. The van der Waals surface area contributed by atoms with Crippen LogP contribution in [0.4, 0.5) is 17.3 Å². The molecule has 0 saturated heterocycles. The molecule has 0 saturated carbocycles. The lowest BCUT2D eigenvalue weighted by atomic mass is 10.2. The van der Waals surface area contributed by atoms with Gasteiger partial charge >= 0.3 is 0 Å². The molecule has 0 atom stereocenters. The van der Waals surface area contributed by atoms with Crippen LogP contribution in [-0.2, 0) is 0 Å². The minimum absolute atomic E-state index is 0.287. The SMILES string of the molecule is Cc1cc(C(=O)Nc2ccccc2C)nc(Nc2ccc3c(c2)OCCO3)n1. The summed E-state index contributed by atoms with van der Waals surface area (Å²) in [6, 6.07) is 14.8. The Hall–Kier alpha value is -3.61. The zero-order valence-electron chi connectivity index (χ0n) is 15.7. The molecule has 1 aromatic heterocycles. The Balaban J connectivity index is 1.55. The number of nitrogens with one attached hydrogen (secondary N) is 2. The summed E-state index contributed by atoms with van der Waals surface area (Å²) in [7, 11) is 0. The molecule has 2 aromatic carbocycles. The number of rotatable bonds is 4. The fourth-order valence-corrected chi connectivity index (χ4v) is 2.89. The van der Waals surface area contributed by atoms with Crippen molar-refractivity contribution in [3.8, 4) is 11.5 Å². The van der Waals surface area contributed by atoms with Gasteiger partial charge in [-0.25, -0.2) is 9.97 Å². The Kier molecular flexibility index (Phi) is 4.80. The van der Waals surface area contributed by atoms with E-state index >= 15 is 0 Å². The van der Waals surface area contributed by atoms with Gasteiger partial charge in [0.1, 0.15) is 18.9 Å². The molecule has 0 unspecified atom stereocenters. The summed E-state index contributed by atoms with van der Waals surface area (Å²) in [5, 5.41) is 6.02. The fourth-order valence-electron chi connectivity index (χ4n) is 2.89. The highest BCUT2D eigenvalue weighted by molar-refractivity contribution is 6.03. The average Bonchev–Trinajstić information content (AvgIpc) is 2.69. The van der Waals surface area contributed by atoms with Crippen molar-refractivity contribution in [2.75, 3.05) is 23.8 Å². The first-order valence-corrected chi connectivity index (χ1v) is 8.98. The van der Waals surface area contributed by atoms with Gasteiger partial charge in [-0.1, -0.05) is 18.2 Å². The molecule has 7 nitrogen and oxygen atoms in total. The second-order valence-corrected chi connectivity index (χ2v) is 6.47. The Morgan fingerprint density at radius 1 is 0.964 bits per heavy atom. The van der Waals surface area contributed by atoms with Crippen LogP contribution in [0.25, 0.3) is 0 Å². The molecular weight excluding hydrogens is 356 g/mol. The lowest BCUT2D eigenvalue weighted by Gasteiger charge is -2.19. The average molecular weight is 376 g/mol. The fraction of sp³-hybridized carbons (Fsp3) is 0.190. The normalized spacial score (nSPS) is 12.4. The van der Waals surface area contributed by atoms with E-state index < -0.39 is 0 Å². The number of para-hydroxylation sites is 1. The summed E-state index contributed by atoms with van der Waals surface area (Å²) in [5.74, 6) is 1.43. The molecule has 4 rings (SSSR count). The molecule has 2 heterocycles. The van der Waals surface area contributed by atoms with E-state index in [1.165, 1.54) is 0 Å². The highest BCUT2D eigenvalue weighted by Crippen LogP contribution is 2.33. The first-order valence-electron chi connectivity index (χ1n) is 8.98. The van der Waals surface area contributed by atoms with Crippen LogP contribution in [0.5, 0.6) is 11.5 Å². The third-order valence-corrected chi connectivity index (χ3v) is 4.28. The van der Waals surface area contributed by atoms with E-state index in [1.807, 2.05) is 56.3 Å². The van der Waals surface area contributed by atoms with Gasteiger partial charge in [-0.2, -0.15) is 0 Å². The van der Waals surface area contributed by atoms with E-state index in [1.54, 1.807) is 6.07 Å². The number of fused-ring (bicyclic) bond motifs is 1. The van der Waals surface area contributed by atoms with Crippen molar-refractivity contribution in [3.63, 3.8) is 0 Å². The van der Waals surface area contributed by atoms with Crippen molar-refractivity contribution >= 4 is 23.2 Å². The monoisotopic (exact) mass is 376 g/mol. The van der Waals surface area contributed by atoms with E-state index in [0.717, 1.165) is 16.9 Å². The topological polar surface area (TPSA) is 85.4 Å². The van der Waals surface area contributed by atoms with Crippen LogP contribution in [0.3, 0.4) is 0 Å². The second kappa shape index (κ2) is 7.56. The van der Waals surface area contributed by atoms with E-state index in [-0.39, 0.29) is 11.6 Å². The van der Waals surface area contributed by atoms with Crippen molar-refractivity contribution in [1.82, 2.24) is 9.97 Å². The van der Waals surface area contributed by atoms with Gasteiger partial charge in [-0.15, -0.1) is 0 Å². The van der Waals surface area contributed by atoms with Crippen LogP contribution in [-0.4, -0.2) is 29.1 Å². The first kappa shape index (κ1) is 17.8. The van der Waals surface area contributed by atoms with E-state index in [9.17, 15) is 4.79 Å². The third kappa shape index (κ3) is 3.88. The number of carbonyl (C=O) groups excluding carboxylic acids is 1. The maximum absolute atomic E-state index is 12.6. The number of carbonyl (C=O) groups is 1. The summed E-state index contributed by atoms with van der Waals surface area (Å²) in [6.45, 7) is 4.82. The lowest BCUT2D eigenvalue weighted by Crippen LogP contribution is -2.16. The summed E-state index contributed by atoms with van der Waals surface area (Å²) >= 11 is 0. The van der Waals surface area contributed by atoms with Gasteiger partial charge in [0.05, 0.1) is 0 Å². The quantitative estimate of drug-likeness (QED) is 0.719. The summed E-state index contributed by atoms with van der Waals surface area (Å²) in [6.07, 6.45) is 0. The molecule has 0 fully saturated rings. The number of benzene rings is 2. The largest absolute Gasteiger partial charge is 0.486 e. The second-order valence-electron chi connectivity index (χ2n) is 6.47. The first-order chi connectivity index (χ1) is 13.6. The maximum Gasteiger partial charge on any atom is 0.274 e. The predicted molar refractivity (Wildman–Crippen MR) is 107 cm³/mol. The van der Waals surface area contributed by atoms with Gasteiger partial charge in [0.2, 0.25) is 5.95 Å². The standard InChI is InChI=1S/C21H20N4O3/c1-13-5-3-4-6-16(13)24-20(26)17-11-14(2)22-21(25-17)23-15-7-8-18-19(12-15)28-10-9-27-18/h3-8,11-12H,9-10H2,1-2H3,(H,24,26)(H,22,23,25). The Morgan fingerprint density at radius 3 is 2.57 bits per heavy atom. The summed E-state index contributed by atoms with van der Waals surface area (Å²) in [5.41, 5.74) is 3.46. The smallest absolute Gasteiger partial charge is 0.274 e. The molecular formula is C21H20N4O3. The van der Waals surface area contributed by atoms with Gasteiger partial charge in [0, 0.05) is 23.1 Å². The molecule has 0 bridgehead atoms. The molecule has 1 amide bonds. The summed E-state index contributed by atoms with van der Waals surface area (Å²) in [4.78, 5) is 21.4. The van der Waals surface area contributed by atoms with Gasteiger partial charge < -0.3 is 20.1 Å². The van der Waals surface area contributed by atoms with Crippen molar-refractivity contribution in [1.29, 1.82) is 0 Å².